The van der Waals surface area contributed by atoms with Crippen LogP contribution in [0.5, 0.6) is 11.5 Å². The van der Waals surface area contributed by atoms with Gasteiger partial charge in [-0.2, -0.15) is 0 Å². The number of hydrogen-bond donors (Lipinski definition) is 1. The fourth-order valence-corrected chi connectivity index (χ4v) is 3.30. The van der Waals surface area contributed by atoms with Gasteiger partial charge in [0, 0.05) is 19.5 Å². The number of aryl methyl sites for hydroxylation is 1. The zero-order valence-corrected chi connectivity index (χ0v) is 15.5. The lowest BCUT2D eigenvalue weighted by molar-refractivity contribution is -0.121. The molecular weight excluding hydrogens is 360 g/mol. The van der Waals surface area contributed by atoms with Gasteiger partial charge in [-0.1, -0.05) is 18.2 Å². The molecule has 3 aromatic rings. The van der Waals surface area contributed by atoms with Crippen molar-refractivity contribution in [2.75, 3.05) is 19.8 Å². The normalized spacial score (nSPS) is 12.9. The number of amides is 1. The molecule has 4 rings (SSSR count). The third-order valence-electron chi connectivity index (χ3n) is 4.70. The first-order chi connectivity index (χ1) is 13.7. The van der Waals surface area contributed by atoms with Crippen LogP contribution in [0.2, 0.25) is 0 Å². The van der Waals surface area contributed by atoms with E-state index in [9.17, 15) is 9.59 Å². The van der Waals surface area contributed by atoms with Gasteiger partial charge in [0.1, 0.15) is 13.2 Å². The summed E-state index contributed by atoms with van der Waals surface area (Å²) in [5.41, 5.74) is 2.41. The number of nitrogens with one attached hydrogen (secondary N) is 1. The van der Waals surface area contributed by atoms with Crippen molar-refractivity contribution in [2.45, 2.75) is 25.8 Å². The van der Waals surface area contributed by atoms with Crippen LogP contribution in [-0.2, 0) is 17.8 Å². The maximum atomic E-state index is 12.1. The molecule has 2 aromatic carbocycles. The lowest BCUT2D eigenvalue weighted by atomic mass is 10.1. The highest BCUT2D eigenvalue weighted by atomic mass is 16.6. The van der Waals surface area contributed by atoms with E-state index in [4.69, 9.17) is 13.9 Å². The maximum Gasteiger partial charge on any atom is 0.419 e. The Balaban J connectivity index is 1.23. The Hall–Kier alpha value is -3.22. The molecule has 7 nitrogen and oxygen atoms in total. The summed E-state index contributed by atoms with van der Waals surface area (Å²) in [7, 11) is 0. The number of benzene rings is 2. The fourth-order valence-electron chi connectivity index (χ4n) is 3.30. The molecule has 2 heterocycles. The summed E-state index contributed by atoms with van der Waals surface area (Å²) in [6.45, 7) is 2.13. The highest BCUT2D eigenvalue weighted by Crippen LogP contribution is 2.30. The first kappa shape index (κ1) is 18.2. The number of para-hydroxylation sites is 2. The Morgan fingerprint density at radius 1 is 1.07 bits per heavy atom. The van der Waals surface area contributed by atoms with E-state index < -0.39 is 0 Å². The van der Waals surface area contributed by atoms with Gasteiger partial charge in [0.2, 0.25) is 5.91 Å². The number of nitrogens with zero attached hydrogens (tertiary/aromatic N) is 1. The van der Waals surface area contributed by atoms with E-state index >= 15 is 0 Å². The molecule has 1 amide bonds. The Morgan fingerprint density at radius 3 is 2.79 bits per heavy atom. The van der Waals surface area contributed by atoms with Crippen LogP contribution in [0, 0.1) is 0 Å². The predicted molar refractivity (Wildman–Crippen MR) is 104 cm³/mol. The van der Waals surface area contributed by atoms with Crippen LogP contribution in [-0.4, -0.2) is 30.2 Å². The minimum Gasteiger partial charge on any atom is -0.486 e. The second-order valence-corrected chi connectivity index (χ2v) is 6.67. The van der Waals surface area contributed by atoms with Crippen molar-refractivity contribution in [1.82, 2.24) is 9.88 Å². The molecular formula is C21H22N2O5. The van der Waals surface area contributed by atoms with Crippen molar-refractivity contribution in [1.29, 1.82) is 0 Å². The predicted octanol–water partition coefficient (Wildman–Crippen LogP) is 2.50. The molecule has 1 aliphatic rings. The summed E-state index contributed by atoms with van der Waals surface area (Å²) in [5, 5.41) is 2.92. The molecule has 1 aliphatic heterocycles. The van der Waals surface area contributed by atoms with E-state index in [2.05, 4.69) is 5.32 Å². The van der Waals surface area contributed by atoms with Crippen LogP contribution < -0.4 is 20.5 Å². The number of rotatable bonds is 7. The molecule has 0 saturated heterocycles. The standard InChI is InChI=1S/C21H22N2O5/c24-20(6-3-11-23-16-4-1-2-5-17(16)28-21(23)25)22-10-9-15-7-8-18-19(14-15)27-13-12-26-18/h1-2,4-5,7-8,14H,3,6,9-13H2,(H,22,24). The smallest absolute Gasteiger partial charge is 0.419 e. The molecule has 0 bridgehead atoms. The number of fused-ring (bicyclic) bond motifs is 2. The molecule has 28 heavy (non-hydrogen) atoms. The van der Waals surface area contributed by atoms with Gasteiger partial charge in [-0.3, -0.25) is 9.36 Å². The topological polar surface area (TPSA) is 82.7 Å². The highest BCUT2D eigenvalue weighted by Gasteiger charge is 2.12. The summed E-state index contributed by atoms with van der Waals surface area (Å²) in [6, 6.07) is 13.1. The fraction of sp³-hybridized carbons (Fsp3) is 0.333. The highest BCUT2D eigenvalue weighted by molar-refractivity contribution is 5.76. The van der Waals surface area contributed by atoms with E-state index in [-0.39, 0.29) is 11.7 Å². The molecule has 0 saturated carbocycles. The van der Waals surface area contributed by atoms with E-state index in [0.29, 0.717) is 51.1 Å². The molecule has 1 N–H and O–H groups in total. The molecule has 0 atom stereocenters. The molecule has 0 aliphatic carbocycles. The lowest BCUT2D eigenvalue weighted by Crippen LogP contribution is -2.26. The zero-order valence-electron chi connectivity index (χ0n) is 15.5. The van der Waals surface area contributed by atoms with E-state index in [0.717, 1.165) is 22.6 Å². The van der Waals surface area contributed by atoms with Gasteiger partial charge in [0.25, 0.3) is 0 Å². The van der Waals surface area contributed by atoms with E-state index in [1.807, 2.05) is 36.4 Å². The van der Waals surface area contributed by atoms with E-state index in [1.165, 1.54) is 0 Å². The second-order valence-electron chi connectivity index (χ2n) is 6.67. The second kappa shape index (κ2) is 8.21. The summed E-state index contributed by atoms with van der Waals surface area (Å²) in [6.07, 6.45) is 1.64. The largest absolute Gasteiger partial charge is 0.486 e. The van der Waals surface area contributed by atoms with Crippen molar-refractivity contribution in [3.63, 3.8) is 0 Å². The molecule has 0 radical (unpaired) electrons. The monoisotopic (exact) mass is 382 g/mol. The molecule has 1 aromatic heterocycles. The quantitative estimate of drug-likeness (QED) is 0.679. The summed E-state index contributed by atoms with van der Waals surface area (Å²) in [4.78, 5) is 24.0. The summed E-state index contributed by atoms with van der Waals surface area (Å²) in [5.74, 6) is 1.10. The van der Waals surface area contributed by atoms with Crippen LogP contribution in [0.15, 0.2) is 51.7 Å². The molecule has 0 unspecified atom stereocenters. The van der Waals surface area contributed by atoms with Gasteiger partial charge in [0.05, 0.1) is 5.52 Å². The number of carbonyl (C=O) groups excluding carboxylic acids is 1. The van der Waals surface area contributed by atoms with Gasteiger partial charge in [0.15, 0.2) is 17.1 Å². The Bertz CT molecular complexity index is 1040. The average molecular weight is 382 g/mol. The third kappa shape index (κ3) is 4.03. The minimum atomic E-state index is -0.389. The van der Waals surface area contributed by atoms with Crippen molar-refractivity contribution >= 4 is 17.0 Å². The summed E-state index contributed by atoms with van der Waals surface area (Å²) >= 11 is 0. The molecule has 0 spiro atoms. The van der Waals surface area contributed by atoms with Crippen LogP contribution in [0.1, 0.15) is 18.4 Å². The van der Waals surface area contributed by atoms with Gasteiger partial charge >= 0.3 is 5.76 Å². The average Bonchev–Trinajstić information content (AvgIpc) is 3.03. The Labute approximate surface area is 161 Å². The first-order valence-corrected chi connectivity index (χ1v) is 9.44. The zero-order chi connectivity index (χ0) is 19.3. The number of aromatic nitrogens is 1. The number of oxazole rings is 1. The molecule has 7 heteroatoms. The maximum absolute atomic E-state index is 12.1. The van der Waals surface area contributed by atoms with Crippen LogP contribution in [0.25, 0.3) is 11.1 Å². The summed E-state index contributed by atoms with van der Waals surface area (Å²) < 4.78 is 17.8. The van der Waals surface area contributed by atoms with Crippen LogP contribution >= 0.6 is 0 Å². The van der Waals surface area contributed by atoms with Crippen LogP contribution in [0.3, 0.4) is 0 Å². The van der Waals surface area contributed by atoms with Gasteiger partial charge < -0.3 is 19.2 Å². The van der Waals surface area contributed by atoms with E-state index in [1.54, 1.807) is 10.6 Å². The minimum absolute atomic E-state index is 0.0293. The first-order valence-electron chi connectivity index (χ1n) is 9.44. The number of hydrogen-bond acceptors (Lipinski definition) is 5. The van der Waals surface area contributed by atoms with Crippen molar-refractivity contribution in [3.8, 4) is 11.5 Å². The molecule has 0 fully saturated rings. The van der Waals surface area contributed by atoms with Crippen molar-refractivity contribution in [3.05, 3.63) is 58.6 Å². The lowest BCUT2D eigenvalue weighted by Gasteiger charge is -2.18. The number of carbonyl (C=O) groups is 1. The molecule has 146 valence electrons. The number of ether oxygens (including phenoxy) is 2. The van der Waals surface area contributed by atoms with Crippen molar-refractivity contribution in [2.24, 2.45) is 0 Å². The van der Waals surface area contributed by atoms with Gasteiger partial charge in [-0.05, 0) is 42.7 Å². The Morgan fingerprint density at radius 2 is 1.89 bits per heavy atom. The third-order valence-corrected chi connectivity index (χ3v) is 4.70. The van der Waals surface area contributed by atoms with Gasteiger partial charge in [-0.15, -0.1) is 0 Å². The SMILES string of the molecule is O=C(CCCn1c(=O)oc2ccccc21)NCCc1ccc2c(c1)OCCO2. The van der Waals surface area contributed by atoms with Crippen LogP contribution in [0.4, 0.5) is 0 Å². The van der Waals surface area contributed by atoms with Gasteiger partial charge in [-0.25, -0.2) is 4.79 Å². The van der Waals surface area contributed by atoms with Crippen molar-refractivity contribution < 1.29 is 18.7 Å². The Kier molecular flexibility index (Phi) is 5.32.